The average molecular weight is 369 g/mol. The molecule has 136 valence electrons. The molecule has 2 aromatic heterocycles. The third kappa shape index (κ3) is 3.18. The number of hydrogen-bond acceptors (Lipinski definition) is 4. The molecular weight excluding hydrogens is 344 g/mol. The molecule has 4 rings (SSSR count). The second kappa shape index (κ2) is 6.91. The van der Waals surface area contributed by atoms with Crippen LogP contribution in [0.4, 0.5) is 0 Å². The molecule has 1 aliphatic heterocycles. The van der Waals surface area contributed by atoms with Crippen LogP contribution in [0.1, 0.15) is 25.8 Å². The van der Waals surface area contributed by atoms with E-state index in [0.717, 1.165) is 29.4 Å². The molecule has 3 aromatic rings. The van der Waals surface area contributed by atoms with Gasteiger partial charge in [-0.1, -0.05) is 43.8 Å². The standard InChI is InChI=1S/C20H24N4OS/c1-13-8-14(2)11-23(10-13)19(25)12-26-20-22-21-18-9-15(3)16-6-4-5-7-17(16)24(18)20/h4-7,9,13-14H,8,10-12H2,1-3H3/t13-,14+. The first-order valence-electron chi connectivity index (χ1n) is 9.17. The van der Waals surface area contributed by atoms with Gasteiger partial charge in [0.15, 0.2) is 10.8 Å². The summed E-state index contributed by atoms with van der Waals surface area (Å²) in [6, 6.07) is 10.3. The maximum Gasteiger partial charge on any atom is 0.233 e. The minimum absolute atomic E-state index is 0.196. The molecule has 0 unspecified atom stereocenters. The highest BCUT2D eigenvalue weighted by molar-refractivity contribution is 7.99. The van der Waals surface area contributed by atoms with Crippen molar-refractivity contribution in [2.24, 2.45) is 11.8 Å². The number of nitrogens with zero attached hydrogens (tertiary/aromatic N) is 4. The van der Waals surface area contributed by atoms with Gasteiger partial charge in [0.05, 0.1) is 11.3 Å². The van der Waals surface area contributed by atoms with Gasteiger partial charge in [-0.15, -0.1) is 10.2 Å². The third-order valence-corrected chi connectivity index (χ3v) is 6.03. The van der Waals surface area contributed by atoms with Gasteiger partial charge in [0, 0.05) is 18.5 Å². The normalized spacial score (nSPS) is 20.8. The zero-order valence-corrected chi connectivity index (χ0v) is 16.3. The number of piperidine rings is 1. The Labute approximate surface area is 157 Å². The summed E-state index contributed by atoms with van der Waals surface area (Å²) in [7, 11) is 0. The summed E-state index contributed by atoms with van der Waals surface area (Å²) in [5.74, 6) is 1.76. The number of carbonyl (C=O) groups excluding carboxylic acids is 1. The summed E-state index contributed by atoms with van der Waals surface area (Å²) in [6.07, 6.45) is 1.21. The van der Waals surface area contributed by atoms with E-state index in [9.17, 15) is 4.79 Å². The smallest absolute Gasteiger partial charge is 0.233 e. The monoisotopic (exact) mass is 368 g/mol. The van der Waals surface area contributed by atoms with Gasteiger partial charge in [0.2, 0.25) is 5.91 Å². The van der Waals surface area contributed by atoms with Gasteiger partial charge in [0.1, 0.15) is 0 Å². The van der Waals surface area contributed by atoms with Crippen molar-refractivity contribution < 1.29 is 4.79 Å². The van der Waals surface area contributed by atoms with Crippen molar-refractivity contribution in [3.63, 3.8) is 0 Å². The van der Waals surface area contributed by atoms with Gasteiger partial charge >= 0.3 is 0 Å². The molecule has 0 radical (unpaired) electrons. The maximum atomic E-state index is 12.7. The van der Waals surface area contributed by atoms with E-state index in [1.807, 2.05) is 17.0 Å². The first-order chi connectivity index (χ1) is 12.5. The lowest BCUT2D eigenvalue weighted by Crippen LogP contribution is -2.43. The summed E-state index contributed by atoms with van der Waals surface area (Å²) < 4.78 is 2.06. The molecule has 1 saturated heterocycles. The van der Waals surface area contributed by atoms with Crippen LogP contribution in [0.5, 0.6) is 0 Å². The number of para-hydroxylation sites is 1. The molecule has 26 heavy (non-hydrogen) atoms. The van der Waals surface area contributed by atoms with Crippen LogP contribution in [0.3, 0.4) is 0 Å². The van der Waals surface area contributed by atoms with Gasteiger partial charge in [-0.05, 0) is 42.9 Å². The molecule has 6 heteroatoms. The lowest BCUT2D eigenvalue weighted by molar-refractivity contribution is -0.130. The molecular formula is C20H24N4OS. The predicted octanol–water partition coefficient (Wildman–Crippen LogP) is 3.79. The number of benzene rings is 1. The predicted molar refractivity (Wildman–Crippen MR) is 105 cm³/mol. The summed E-state index contributed by atoms with van der Waals surface area (Å²) in [6.45, 7) is 8.28. The van der Waals surface area contributed by atoms with Crippen molar-refractivity contribution in [2.45, 2.75) is 32.3 Å². The number of likely N-dealkylation sites (tertiary alicyclic amines) is 1. The van der Waals surface area contributed by atoms with Gasteiger partial charge in [-0.3, -0.25) is 9.20 Å². The Morgan fingerprint density at radius 2 is 1.92 bits per heavy atom. The van der Waals surface area contributed by atoms with Gasteiger partial charge in [-0.25, -0.2) is 0 Å². The third-order valence-electron chi connectivity index (χ3n) is 5.12. The molecule has 5 nitrogen and oxygen atoms in total. The Hall–Kier alpha value is -2.08. The van der Waals surface area contributed by atoms with E-state index in [1.54, 1.807) is 0 Å². The van der Waals surface area contributed by atoms with Crippen LogP contribution >= 0.6 is 11.8 Å². The lowest BCUT2D eigenvalue weighted by Gasteiger charge is -2.34. The molecule has 1 amide bonds. The minimum atomic E-state index is 0.196. The summed E-state index contributed by atoms with van der Waals surface area (Å²) in [4.78, 5) is 14.7. The first-order valence-corrected chi connectivity index (χ1v) is 10.2. The average Bonchev–Trinajstić information content (AvgIpc) is 3.02. The summed E-state index contributed by atoms with van der Waals surface area (Å²) in [5, 5.41) is 10.6. The number of fused-ring (bicyclic) bond motifs is 3. The fraction of sp³-hybridized carbons (Fsp3) is 0.450. The van der Waals surface area contributed by atoms with E-state index in [1.165, 1.54) is 29.1 Å². The highest BCUT2D eigenvalue weighted by Gasteiger charge is 2.25. The highest BCUT2D eigenvalue weighted by atomic mass is 32.2. The first kappa shape index (κ1) is 17.3. The zero-order chi connectivity index (χ0) is 18.3. The van der Waals surface area contributed by atoms with Crippen LogP contribution in [0.15, 0.2) is 35.5 Å². The largest absolute Gasteiger partial charge is 0.341 e. The van der Waals surface area contributed by atoms with Crippen LogP contribution in [0, 0.1) is 18.8 Å². The topological polar surface area (TPSA) is 50.5 Å². The van der Waals surface area contributed by atoms with Crippen LogP contribution in [0.25, 0.3) is 16.6 Å². The Morgan fingerprint density at radius 3 is 2.69 bits per heavy atom. The van der Waals surface area contributed by atoms with Crippen molar-refractivity contribution in [1.29, 1.82) is 0 Å². The molecule has 0 bridgehead atoms. The fourth-order valence-corrected chi connectivity index (χ4v) is 4.91. The van der Waals surface area contributed by atoms with Crippen LogP contribution in [0.2, 0.25) is 0 Å². The SMILES string of the molecule is Cc1cc2nnc(SCC(=O)N3C[C@H](C)C[C@H](C)C3)n2c2ccccc12. The van der Waals surface area contributed by atoms with E-state index in [-0.39, 0.29) is 5.91 Å². The van der Waals surface area contributed by atoms with E-state index in [4.69, 9.17) is 0 Å². The van der Waals surface area contributed by atoms with E-state index in [0.29, 0.717) is 17.6 Å². The molecule has 0 saturated carbocycles. The Kier molecular flexibility index (Phi) is 4.61. The Morgan fingerprint density at radius 1 is 1.19 bits per heavy atom. The second-order valence-electron chi connectivity index (χ2n) is 7.55. The summed E-state index contributed by atoms with van der Waals surface area (Å²) in [5.41, 5.74) is 3.10. The number of pyridine rings is 1. The highest BCUT2D eigenvalue weighted by Crippen LogP contribution is 2.27. The van der Waals surface area contributed by atoms with Crippen LogP contribution in [-0.4, -0.2) is 44.2 Å². The second-order valence-corrected chi connectivity index (χ2v) is 8.50. The number of aryl methyl sites for hydroxylation is 1. The van der Waals surface area contributed by atoms with E-state index in [2.05, 4.69) is 53.6 Å². The molecule has 0 N–H and O–H groups in total. The summed E-state index contributed by atoms with van der Waals surface area (Å²) >= 11 is 1.48. The molecule has 0 aliphatic carbocycles. The molecule has 0 spiro atoms. The number of rotatable bonds is 3. The lowest BCUT2D eigenvalue weighted by atomic mass is 9.92. The maximum absolute atomic E-state index is 12.7. The van der Waals surface area contributed by atoms with Gasteiger partial charge in [-0.2, -0.15) is 0 Å². The zero-order valence-electron chi connectivity index (χ0n) is 15.5. The van der Waals surface area contributed by atoms with Crippen molar-refractivity contribution in [3.05, 3.63) is 35.9 Å². The van der Waals surface area contributed by atoms with Crippen molar-refractivity contribution >= 4 is 34.2 Å². The van der Waals surface area contributed by atoms with Crippen molar-refractivity contribution in [2.75, 3.05) is 18.8 Å². The van der Waals surface area contributed by atoms with E-state index >= 15 is 0 Å². The quantitative estimate of drug-likeness (QED) is 0.660. The van der Waals surface area contributed by atoms with E-state index < -0.39 is 0 Å². The molecule has 1 aromatic carbocycles. The molecule has 3 heterocycles. The van der Waals surface area contributed by atoms with Crippen LogP contribution in [-0.2, 0) is 4.79 Å². The van der Waals surface area contributed by atoms with Crippen molar-refractivity contribution in [1.82, 2.24) is 19.5 Å². The van der Waals surface area contributed by atoms with Crippen molar-refractivity contribution in [3.8, 4) is 0 Å². The number of aromatic nitrogens is 3. The Balaban J connectivity index is 1.58. The Bertz CT molecular complexity index is 957. The van der Waals surface area contributed by atoms with Gasteiger partial charge < -0.3 is 4.90 Å². The number of thioether (sulfide) groups is 1. The van der Waals surface area contributed by atoms with Crippen LogP contribution < -0.4 is 0 Å². The molecule has 1 aliphatic rings. The molecule has 2 atom stereocenters. The number of amides is 1. The molecule has 1 fully saturated rings. The fourth-order valence-electron chi connectivity index (χ4n) is 4.05. The number of carbonyl (C=O) groups is 1. The van der Waals surface area contributed by atoms with Gasteiger partial charge in [0.25, 0.3) is 0 Å². The minimum Gasteiger partial charge on any atom is -0.341 e. The number of hydrogen-bond donors (Lipinski definition) is 0.